The summed E-state index contributed by atoms with van der Waals surface area (Å²) in [5.41, 5.74) is -0.593. The quantitative estimate of drug-likeness (QED) is 0.725. The molecule has 0 amide bonds. The predicted molar refractivity (Wildman–Crippen MR) is 35.9 cm³/mol. The van der Waals surface area contributed by atoms with Gasteiger partial charge in [0.1, 0.15) is 0 Å². The number of hydrogen-bond donors (Lipinski definition) is 0. The minimum atomic E-state index is -0.685. The summed E-state index contributed by atoms with van der Waals surface area (Å²) >= 11 is 22.7. The second-order valence-corrected chi connectivity index (χ2v) is 3.93. The van der Waals surface area contributed by atoms with Crippen LogP contribution in [0.15, 0.2) is 0 Å². The van der Waals surface area contributed by atoms with Crippen LogP contribution in [0.3, 0.4) is 0 Å². The van der Waals surface area contributed by atoms with Gasteiger partial charge >= 0.3 is 90.2 Å². The number of hydrogen-bond acceptors (Lipinski definition) is 1. The molecule has 0 aromatic rings. The van der Waals surface area contributed by atoms with Crippen molar-refractivity contribution in [1.29, 1.82) is 0 Å². The SMILES string of the molecule is ClC(Cl)C(Cl)C(Cl)[O][Zr]. The first-order chi connectivity index (χ1) is 4.09. The van der Waals surface area contributed by atoms with Crippen molar-refractivity contribution in [1.82, 2.24) is 0 Å². The normalized spacial score (nSPS) is 17.8. The molecule has 9 heavy (non-hydrogen) atoms. The Balaban J connectivity index is 3.58. The molecule has 0 aliphatic rings. The summed E-state index contributed by atoms with van der Waals surface area (Å²) in [7, 11) is 0. The zero-order valence-corrected chi connectivity index (χ0v) is 9.63. The second-order valence-electron chi connectivity index (χ2n) is 1.25. The molecule has 2 unspecified atom stereocenters. The van der Waals surface area contributed by atoms with Gasteiger partial charge in [-0.2, -0.15) is 0 Å². The Hall–Kier alpha value is 2.00. The number of alkyl halides is 4. The summed E-state index contributed by atoms with van der Waals surface area (Å²) in [5, 5.41) is -0.547. The molecule has 53 valence electrons. The molecule has 0 aromatic heterocycles. The number of rotatable bonds is 3. The van der Waals surface area contributed by atoms with Gasteiger partial charge in [-0.25, -0.2) is 0 Å². The van der Waals surface area contributed by atoms with Crippen LogP contribution in [0.25, 0.3) is 0 Å². The van der Waals surface area contributed by atoms with Crippen molar-refractivity contribution in [3.05, 3.63) is 0 Å². The third-order valence-electron chi connectivity index (χ3n) is 0.604. The summed E-state index contributed by atoms with van der Waals surface area (Å²) in [6.07, 6.45) is 0. The summed E-state index contributed by atoms with van der Waals surface area (Å²) in [5.74, 6) is 0. The molecule has 0 heterocycles. The van der Waals surface area contributed by atoms with Gasteiger partial charge in [0.05, 0.1) is 0 Å². The zero-order chi connectivity index (χ0) is 7.44. The molecule has 0 saturated carbocycles. The van der Waals surface area contributed by atoms with Crippen LogP contribution in [0.1, 0.15) is 0 Å². The third-order valence-corrected chi connectivity index (χ3v) is 3.37. The van der Waals surface area contributed by atoms with Crippen LogP contribution < -0.4 is 0 Å². The van der Waals surface area contributed by atoms with Gasteiger partial charge in [0.15, 0.2) is 0 Å². The topological polar surface area (TPSA) is 9.23 Å². The molecule has 0 aliphatic heterocycles. The molecule has 0 aromatic carbocycles. The van der Waals surface area contributed by atoms with Gasteiger partial charge in [-0.3, -0.25) is 0 Å². The first-order valence-corrected chi connectivity index (χ1v) is 4.73. The van der Waals surface area contributed by atoms with Crippen molar-refractivity contribution >= 4 is 46.4 Å². The van der Waals surface area contributed by atoms with Crippen molar-refractivity contribution in [3.8, 4) is 0 Å². The van der Waals surface area contributed by atoms with Gasteiger partial charge in [-0.05, 0) is 0 Å². The molecule has 0 fully saturated rings. The van der Waals surface area contributed by atoms with Crippen molar-refractivity contribution in [2.75, 3.05) is 0 Å². The first kappa shape index (κ1) is 11.0. The van der Waals surface area contributed by atoms with Gasteiger partial charge in [0.25, 0.3) is 0 Å². The van der Waals surface area contributed by atoms with Gasteiger partial charge < -0.3 is 0 Å². The zero-order valence-electron chi connectivity index (χ0n) is 4.15. The van der Waals surface area contributed by atoms with Crippen LogP contribution in [0.5, 0.6) is 0 Å². The van der Waals surface area contributed by atoms with Gasteiger partial charge in [0, 0.05) is 0 Å². The summed E-state index contributed by atoms with van der Waals surface area (Å²) < 4.78 is 4.73. The Morgan fingerprint density at radius 3 is 1.67 bits per heavy atom. The molecule has 6 heteroatoms. The number of halogens is 4. The Morgan fingerprint density at radius 1 is 1.11 bits per heavy atom. The van der Waals surface area contributed by atoms with Gasteiger partial charge in [0.2, 0.25) is 0 Å². The van der Waals surface area contributed by atoms with Crippen LogP contribution >= 0.6 is 46.4 Å². The van der Waals surface area contributed by atoms with E-state index in [1.54, 1.807) is 0 Å². The Bertz CT molecular complexity index is 80.2. The molecule has 0 N–H and O–H groups in total. The average Bonchev–Trinajstić information content (AvgIpc) is 1.84. The van der Waals surface area contributed by atoms with Gasteiger partial charge in [-0.1, -0.05) is 0 Å². The first-order valence-electron chi connectivity index (χ1n) is 1.98. The van der Waals surface area contributed by atoms with Crippen LogP contribution in [-0.4, -0.2) is 15.8 Å². The molecule has 2 atom stereocenters. The molecule has 1 nitrogen and oxygen atoms in total. The van der Waals surface area contributed by atoms with E-state index in [2.05, 4.69) is 0 Å². The van der Waals surface area contributed by atoms with Crippen LogP contribution in [0.4, 0.5) is 0 Å². The summed E-state index contributed by atoms with van der Waals surface area (Å²) in [6.45, 7) is 0. The molecular weight excluding hydrogens is 285 g/mol. The monoisotopic (exact) mass is 285 g/mol. The van der Waals surface area contributed by atoms with E-state index in [4.69, 9.17) is 49.2 Å². The van der Waals surface area contributed by atoms with E-state index in [0.717, 1.165) is 25.2 Å². The average molecular weight is 288 g/mol. The third kappa shape index (κ3) is 4.45. The Kier molecular flexibility index (Phi) is 6.88. The fourth-order valence-corrected chi connectivity index (χ4v) is 1.36. The van der Waals surface area contributed by atoms with E-state index >= 15 is 0 Å². The predicted octanol–water partition coefficient (Wildman–Crippen LogP) is 2.44. The molecule has 0 radical (unpaired) electrons. The maximum absolute atomic E-state index is 5.56. The fraction of sp³-hybridized carbons (Fsp3) is 1.00. The van der Waals surface area contributed by atoms with Crippen molar-refractivity contribution < 1.29 is 28.0 Å². The molecular formula is C3H3Cl4OZr. The van der Waals surface area contributed by atoms with Crippen molar-refractivity contribution in [3.63, 3.8) is 0 Å². The Morgan fingerprint density at radius 2 is 1.56 bits per heavy atom. The van der Waals surface area contributed by atoms with Gasteiger partial charge in [-0.15, -0.1) is 0 Å². The van der Waals surface area contributed by atoms with Crippen LogP contribution in [0.2, 0.25) is 0 Å². The standard InChI is InChI=1S/C3H3Cl4O.Zr/c4-1(2(5)6)3(7)8;/h1-3H;/q-1;+1. The van der Waals surface area contributed by atoms with E-state index in [0.29, 0.717) is 0 Å². The molecule has 0 spiro atoms. The van der Waals surface area contributed by atoms with E-state index < -0.39 is 15.8 Å². The molecule has 0 aliphatic carbocycles. The summed E-state index contributed by atoms with van der Waals surface area (Å²) in [6, 6.07) is 0. The fourth-order valence-electron chi connectivity index (χ4n) is 0.179. The van der Waals surface area contributed by atoms with E-state index in [-0.39, 0.29) is 0 Å². The van der Waals surface area contributed by atoms with Crippen molar-refractivity contribution in [2.24, 2.45) is 0 Å². The van der Waals surface area contributed by atoms with Crippen LogP contribution in [-0.2, 0) is 28.0 Å². The van der Waals surface area contributed by atoms with Crippen molar-refractivity contribution in [2.45, 2.75) is 15.8 Å². The van der Waals surface area contributed by atoms with E-state index in [9.17, 15) is 0 Å². The molecule has 0 saturated heterocycles. The molecule has 0 bridgehead atoms. The second kappa shape index (κ2) is 5.63. The maximum atomic E-state index is 5.56. The minimum absolute atomic E-state index is 0.547. The summed E-state index contributed by atoms with van der Waals surface area (Å²) in [4.78, 5) is -0.685. The molecule has 0 rings (SSSR count). The van der Waals surface area contributed by atoms with E-state index in [1.807, 2.05) is 0 Å². The van der Waals surface area contributed by atoms with Crippen LogP contribution in [0, 0.1) is 0 Å². The van der Waals surface area contributed by atoms with E-state index in [1.165, 1.54) is 0 Å². The Labute approximate surface area is 89.4 Å².